The van der Waals surface area contributed by atoms with Gasteiger partial charge in [-0.05, 0) is 45.4 Å². The topological polar surface area (TPSA) is 73.6 Å². The number of esters is 1. The smallest absolute Gasteiger partial charge is 0.342 e. The summed E-state index contributed by atoms with van der Waals surface area (Å²) in [7, 11) is 0. The highest BCUT2D eigenvalue weighted by molar-refractivity contribution is 6.21. The summed E-state index contributed by atoms with van der Waals surface area (Å²) >= 11 is 0. The molecular formula is C21H24N2O3. The third-order valence-electron chi connectivity index (χ3n) is 4.54. The second kappa shape index (κ2) is 6.16. The standard InChI is InChI=1S/C21H24N2O3/c1-20(2,3)26-19(25)17-16-12-15(24)10-11-21(16,4)23(18(17)22)13-14-8-6-5-7-9-14/h5-12,22,24H,13H2,1-4H3/t21-/m0/s1. The van der Waals surface area contributed by atoms with Gasteiger partial charge in [0.05, 0.1) is 5.54 Å². The van der Waals surface area contributed by atoms with E-state index >= 15 is 0 Å². The first-order valence-electron chi connectivity index (χ1n) is 8.60. The van der Waals surface area contributed by atoms with Crippen LogP contribution in [0.4, 0.5) is 0 Å². The number of carbonyl (C=O) groups is 1. The number of carbonyl (C=O) groups excluding carboxylic acids is 1. The van der Waals surface area contributed by atoms with Crippen LogP contribution in [0.1, 0.15) is 33.3 Å². The molecule has 0 amide bonds. The highest BCUT2D eigenvalue weighted by atomic mass is 16.6. The van der Waals surface area contributed by atoms with E-state index in [1.165, 1.54) is 0 Å². The number of amidine groups is 1. The number of allylic oxidation sites excluding steroid dienone is 1. The molecule has 0 saturated heterocycles. The molecule has 5 heteroatoms. The molecule has 26 heavy (non-hydrogen) atoms. The van der Waals surface area contributed by atoms with E-state index in [0.717, 1.165) is 5.56 Å². The summed E-state index contributed by atoms with van der Waals surface area (Å²) in [6.07, 6.45) is 4.98. The minimum atomic E-state index is -0.689. The minimum Gasteiger partial charge on any atom is -0.508 e. The second-order valence-electron chi connectivity index (χ2n) is 7.76. The molecule has 1 heterocycles. The monoisotopic (exact) mass is 352 g/mol. The third-order valence-corrected chi connectivity index (χ3v) is 4.54. The molecule has 0 saturated carbocycles. The molecule has 136 valence electrons. The first-order valence-corrected chi connectivity index (χ1v) is 8.60. The zero-order chi connectivity index (χ0) is 19.1. The van der Waals surface area contributed by atoms with Crippen molar-refractivity contribution in [2.45, 2.75) is 45.4 Å². The molecule has 1 atom stereocenters. The van der Waals surface area contributed by atoms with Crippen molar-refractivity contribution in [3.05, 3.63) is 71.0 Å². The molecule has 2 aliphatic rings. The Kier molecular flexibility index (Phi) is 4.26. The van der Waals surface area contributed by atoms with Crippen LogP contribution in [-0.2, 0) is 16.1 Å². The normalized spacial score (nSPS) is 22.4. The Bertz CT molecular complexity index is 844. The number of ether oxygens (including phenoxy) is 1. The van der Waals surface area contributed by atoms with Crippen molar-refractivity contribution < 1.29 is 14.6 Å². The predicted octanol–water partition coefficient (Wildman–Crippen LogP) is 3.89. The van der Waals surface area contributed by atoms with Gasteiger partial charge in [0.15, 0.2) is 0 Å². The largest absolute Gasteiger partial charge is 0.508 e. The van der Waals surface area contributed by atoms with E-state index in [1.807, 2.05) is 48.2 Å². The van der Waals surface area contributed by atoms with Crippen LogP contribution in [0.5, 0.6) is 0 Å². The van der Waals surface area contributed by atoms with Crippen molar-refractivity contribution in [1.82, 2.24) is 4.90 Å². The lowest BCUT2D eigenvalue weighted by Crippen LogP contribution is -2.44. The highest BCUT2D eigenvalue weighted by Crippen LogP contribution is 2.42. The number of nitrogens with zero attached hydrogens (tertiary/aromatic N) is 1. The molecule has 0 fully saturated rings. The van der Waals surface area contributed by atoms with Crippen LogP contribution in [0, 0.1) is 5.41 Å². The molecule has 1 aromatic rings. The van der Waals surface area contributed by atoms with Gasteiger partial charge in [0.25, 0.3) is 0 Å². The molecule has 3 rings (SSSR count). The van der Waals surface area contributed by atoms with Crippen molar-refractivity contribution in [2.24, 2.45) is 0 Å². The Balaban J connectivity index is 2.04. The van der Waals surface area contributed by atoms with Gasteiger partial charge in [-0.2, -0.15) is 0 Å². The van der Waals surface area contributed by atoms with Gasteiger partial charge in [-0.3, -0.25) is 5.41 Å². The van der Waals surface area contributed by atoms with E-state index in [1.54, 1.807) is 32.9 Å². The average molecular weight is 352 g/mol. The predicted molar refractivity (Wildman–Crippen MR) is 101 cm³/mol. The molecule has 0 unspecified atom stereocenters. The van der Waals surface area contributed by atoms with Crippen molar-refractivity contribution in [3.8, 4) is 0 Å². The summed E-state index contributed by atoms with van der Waals surface area (Å²) in [5.74, 6) is -0.372. The van der Waals surface area contributed by atoms with Gasteiger partial charge in [-0.1, -0.05) is 36.4 Å². The Morgan fingerprint density at radius 3 is 2.54 bits per heavy atom. The first kappa shape index (κ1) is 18.0. The minimum absolute atomic E-state index is 0.0629. The molecule has 1 aliphatic heterocycles. The zero-order valence-electron chi connectivity index (χ0n) is 15.5. The maximum absolute atomic E-state index is 12.8. The summed E-state index contributed by atoms with van der Waals surface area (Å²) in [6.45, 7) is 7.80. The van der Waals surface area contributed by atoms with E-state index in [2.05, 4.69) is 0 Å². The van der Waals surface area contributed by atoms with Crippen LogP contribution in [0.3, 0.4) is 0 Å². The SMILES string of the molecule is CC(C)(C)OC(=O)C1=C2C=C(O)C=C[C@]2(C)N(Cc2ccccc2)C1=N. The van der Waals surface area contributed by atoms with Crippen molar-refractivity contribution in [2.75, 3.05) is 0 Å². The van der Waals surface area contributed by atoms with Crippen molar-refractivity contribution >= 4 is 11.8 Å². The van der Waals surface area contributed by atoms with Crippen LogP contribution in [0.15, 0.2) is 65.5 Å². The Morgan fingerprint density at radius 1 is 1.27 bits per heavy atom. The molecule has 0 aromatic heterocycles. The number of hydrogen-bond acceptors (Lipinski definition) is 4. The maximum atomic E-state index is 12.8. The number of nitrogens with one attached hydrogen (secondary N) is 1. The van der Waals surface area contributed by atoms with Crippen LogP contribution < -0.4 is 0 Å². The average Bonchev–Trinajstić information content (AvgIpc) is 2.75. The van der Waals surface area contributed by atoms with Gasteiger partial charge in [0.1, 0.15) is 22.8 Å². The van der Waals surface area contributed by atoms with E-state index in [0.29, 0.717) is 12.1 Å². The lowest BCUT2D eigenvalue weighted by atomic mass is 9.86. The number of aliphatic hydroxyl groups is 1. The molecule has 0 radical (unpaired) electrons. The van der Waals surface area contributed by atoms with E-state index in [4.69, 9.17) is 10.1 Å². The van der Waals surface area contributed by atoms with Crippen LogP contribution in [-0.4, -0.2) is 33.0 Å². The van der Waals surface area contributed by atoms with Crippen LogP contribution >= 0.6 is 0 Å². The van der Waals surface area contributed by atoms with Gasteiger partial charge in [-0.25, -0.2) is 4.79 Å². The third kappa shape index (κ3) is 3.17. The molecule has 0 spiro atoms. The fourth-order valence-electron chi connectivity index (χ4n) is 3.28. The fourth-order valence-corrected chi connectivity index (χ4v) is 3.28. The molecular weight excluding hydrogens is 328 g/mol. The zero-order valence-corrected chi connectivity index (χ0v) is 15.5. The Hall–Kier alpha value is -2.82. The van der Waals surface area contributed by atoms with E-state index in [-0.39, 0.29) is 17.2 Å². The van der Waals surface area contributed by atoms with E-state index in [9.17, 15) is 9.90 Å². The molecule has 1 aliphatic carbocycles. The van der Waals surface area contributed by atoms with Crippen LogP contribution in [0.25, 0.3) is 0 Å². The number of fused-ring (bicyclic) bond motifs is 1. The van der Waals surface area contributed by atoms with Gasteiger partial charge >= 0.3 is 5.97 Å². The molecule has 5 nitrogen and oxygen atoms in total. The first-order chi connectivity index (χ1) is 12.1. The van der Waals surface area contributed by atoms with Crippen molar-refractivity contribution in [1.29, 1.82) is 5.41 Å². The second-order valence-corrected chi connectivity index (χ2v) is 7.76. The van der Waals surface area contributed by atoms with Gasteiger partial charge < -0.3 is 14.7 Å². The molecule has 1 aromatic carbocycles. The van der Waals surface area contributed by atoms with Crippen LogP contribution in [0.2, 0.25) is 0 Å². The summed E-state index contributed by atoms with van der Waals surface area (Å²) in [4.78, 5) is 14.6. The van der Waals surface area contributed by atoms with Crippen molar-refractivity contribution in [3.63, 3.8) is 0 Å². The summed E-state index contributed by atoms with van der Waals surface area (Å²) < 4.78 is 5.52. The molecule has 2 N–H and O–H groups in total. The number of rotatable bonds is 3. The number of hydrogen-bond donors (Lipinski definition) is 2. The summed E-state index contributed by atoms with van der Waals surface area (Å²) in [6, 6.07) is 9.81. The lowest BCUT2D eigenvalue weighted by Gasteiger charge is -2.37. The molecule has 0 bridgehead atoms. The quantitative estimate of drug-likeness (QED) is 0.810. The Morgan fingerprint density at radius 2 is 1.92 bits per heavy atom. The Labute approximate surface area is 153 Å². The summed E-state index contributed by atoms with van der Waals surface area (Å²) in [5.41, 5.74) is 0.480. The maximum Gasteiger partial charge on any atom is 0.342 e. The van der Waals surface area contributed by atoms with E-state index < -0.39 is 17.1 Å². The summed E-state index contributed by atoms with van der Waals surface area (Å²) in [5, 5.41) is 18.6. The van der Waals surface area contributed by atoms with Gasteiger partial charge in [0.2, 0.25) is 0 Å². The fraction of sp³-hybridized carbons (Fsp3) is 0.333. The van der Waals surface area contributed by atoms with Gasteiger partial charge in [0, 0.05) is 12.1 Å². The number of aliphatic hydroxyl groups excluding tert-OH is 1. The highest BCUT2D eigenvalue weighted by Gasteiger charge is 2.48. The lowest BCUT2D eigenvalue weighted by molar-refractivity contribution is -0.149. The number of benzene rings is 1. The van der Waals surface area contributed by atoms with Gasteiger partial charge in [-0.15, -0.1) is 0 Å².